The summed E-state index contributed by atoms with van der Waals surface area (Å²) in [6.07, 6.45) is 1.49. The number of hydrogen-bond donors (Lipinski definition) is 0. The zero-order valence-corrected chi connectivity index (χ0v) is 11.0. The molecule has 5 heteroatoms. The van der Waals surface area contributed by atoms with Crippen LogP contribution in [-0.4, -0.2) is 29.8 Å². The Morgan fingerprint density at radius 3 is 2.85 bits per heavy atom. The third kappa shape index (κ3) is 3.40. The second-order valence-electron chi connectivity index (χ2n) is 5.01. The van der Waals surface area contributed by atoms with Crippen molar-refractivity contribution in [3.63, 3.8) is 0 Å². The molecule has 1 fully saturated rings. The van der Waals surface area contributed by atoms with E-state index < -0.39 is 18.3 Å². The summed E-state index contributed by atoms with van der Waals surface area (Å²) < 4.78 is 39.8. The highest BCUT2D eigenvalue weighted by Gasteiger charge is 2.36. The molecule has 0 bridgehead atoms. The monoisotopic (exact) mass is 283 g/mol. The molecule has 0 spiro atoms. The molecule has 0 aliphatic carbocycles. The number of carbonyl (C=O) groups is 1. The van der Waals surface area contributed by atoms with Crippen LogP contribution in [0.5, 0.6) is 0 Å². The molecule has 1 aliphatic heterocycles. The minimum atomic E-state index is -2.80. The minimum absolute atomic E-state index is 0.00278. The van der Waals surface area contributed by atoms with Crippen LogP contribution in [0.15, 0.2) is 24.8 Å². The van der Waals surface area contributed by atoms with Gasteiger partial charge in [0, 0.05) is 18.5 Å². The largest absolute Gasteiger partial charge is 0.336 e. The highest BCUT2D eigenvalue weighted by molar-refractivity contribution is 5.79. The average Bonchev–Trinajstić information content (AvgIpc) is 2.39. The van der Waals surface area contributed by atoms with E-state index in [1.807, 2.05) is 0 Å². The summed E-state index contributed by atoms with van der Waals surface area (Å²) in [4.78, 5) is 13.2. The summed E-state index contributed by atoms with van der Waals surface area (Å²) in [6, 6.07) is 4.26. The van der Waals surface area contributed by atoms with Gasteiger partial charge in [-0.05, 0) is 24.1 Å². The molecule has 2 rings (SSSR count). The number of nitrogens with zero attached hydrogens (tertiary/aromatic N) is 1. The first-order chi connectivity index (χ1) is 9.41. The lowest BCUT2D eigenvalue weighted by molar-refractivity contribution is -0.140. The molecule has 0 saturated carbocycles. The second kappa shape index (κ2) is 5.69. The maximum atomic E-state index is 13.3. The lowest BCUT2D eigenvalue weighted by Crippen LogP contribution is -2.46. The van der Waals surface area contributed by atoms with E-state index >= 15 is 0 Å². The van der Waals surface area contributed by atoms with Crippen molar-refractivity contribution < 1.29 is 18.0 Å². The fourth-order valence-corrected chi connectivity index (χ4v) is 2.32. The highest BCUT2D eigenvalue weighted by Crippen LogP contribution is 2.27. The summed E-state index contributed by atoms with van der Waals surface area (Å²) >= 11 is 0. The lowest BCUT2D eigenvalue weighted by atomic mass is 10.0. The van der Waals surface area contributed by atoms with Crippen molar-refractivity contribution >= 4 is 12.0 Å². The molecule has 1 aliphatic rings. The number of likely N-dealkylation sites (tertiary alicyclic amines) is 1. The summed E-state index contributed by atoms with van der Waals surface area (Å²) in [6.45, 7) is 3.31. The van der Waals surface area contributed by atoms with E-state index in [1.165, 1.54) is 29.2 Å². The van der Waals surface area contributed by atoms with E-state index in [2.05, 4.69) is 6.58 Å². The zero-order valence-electron chi connectivity index (χ0n) is 11.0. The minimum Gasteiger partial charge on any atom is -0.336 e. The van der Waals surface area contributed by atoms with Gasteiger partial charge in [0.25, 0.3) is 5.92 Å². The third-order valence-corrected chi connectivity index (χ3v) is 3.38. The molecule has 1 heterocycles. The number of benzene rings is 1. The number of rotatable bonds is 3. The van der Waals surface area contributed by atoms with Gasteiger partial charge in [0.15, 0.2) is 0 Å². The van der Waals surface area contributed by atoms with Gasteiger partial charge in [-0.3, -0.25) is 4.79 Å². The van der Waals surface area contributed by atoms with Gasteiger partial charge in [0.2, 0.25) is 5.91 Å². The Balaban J connectivity index is 2.06. The number of piperidine rings is 1. The number of carbonyl (C=O) groups excluding carboxylic acids is 1. The molecule has 0 radical (unpaired) electrons. The van der Waals surface area contributed by atoms with E-state index in [-0.39, 0.29) is 18.7 Å². The van der Waals surface area contributed by atoms with E-state index in [0.29, 0.717) is 24.1 Å². The van der Waals surface area contributed by atoms with E-state index in [0.717, 1.165) is 0 Å². The number of hydrogen-bond acceptors (Lipinski definition) is 1. The van der Waals surface area contributed by atoms with Gasteiger partial charge in [-0.1, -0.05) is 18.7 Å². The molecule has 2 nitrogen and oxygen atoms in total. The molecule has 1 aromatic carbocycles. The number of alkyl halides is 2. The molecule has 1 amide bonds. The maximum absolute atomic E-state index is 13.3. The van der Waals surface area contributed by atoms with Crippen LogP contribution in [0.25, 0.3) is 6.08 Å². The zero-order chi connectivity index (χ0) is 14.8. The predicted molar refractivity (Wildman–Crippen MR) is 71.0 cm³/mol. The van der Waals surface area contributed by atoms with Gasteiger partial charge < -0.3 is 4.90 Å². The van der Waals surface area contributed by atoms with Crippen molar-refractivity contribution in [2.45, 2.75) is 25.2 Å². The topological polar surface area (TPSA) is 20.3 Å². The quantitative estimate of drug-likeness (QED) is 0.833. The van der Waals surface area contributed by atoms with Crippen molar-refractivity contribution in [1.29, 1.82) is 0 Å². The van der Waals surface area contributed by atoms with Gasteiger partial charge >= 0.3 is 0 Å². The Labute approximate surface area is 115 Å². The lowest BCUT2D eigenvalue weighted by Gasteiger charge is -2.32. The summed E-state index contributed by atoms with van der Waals surface area (Å²) in [5, 5.41) is 0. The molecule has 0 N–H and O–H groups in total. The summed E-state index contributed by atoms with van der Waals surface area (Å²) in [5.74, 6) is -3.57. The maximum Gasteiger partial charge on any atom is 0.265 e. The number of halogens is 3. The van der Waals surface area contributed by atoms with Crippen LogP contribution in [0.4, 0.5) is 13.2 Å². The van der Waals surface area contributed by atoms with Crippen LogP contribution in [-0.2, 0) is 11.2 Å². The molecule has 0 atom stereocenters. The first-order valence-corrected chi connectivity index (χ1v) is 6.48. The van der Waals surface area contributed by atoms with Crippen molar-refractivity contribution in [3.8, 4) is 0 Å². The van der Waals surface area contributed by atoms with E-state index in [1.54, 1.807) is 0 Å². The average molecular weight is 283 g/mol. The van der Waals surface area contributed by atoms with E-state index in [9.17, 15) is 18.0 Å². The standard InChI is InChI=1S/C15H16F3NO/c1-2-12-8-11(4-5-13(12)16)9-14(20)19-7-3-6-15(17,18)10-19/h2,4-5,8H,1,3,6-7,9-10H2. The molecule has 0 unspecified atom stereocenters. The van der Waals surface area contributed by atoms with Gasteiger partial charge in [0.05, 0.1) is 13.0 Å². The summed E-state index contributed by atoms with van der Waals surface area (Å²) in [5.41, 5.74) is 0.902. The fourth-order valence-electron chi connectivity index (χ4n) is 2.32. The van der Waals surface area contributed by atoms with Crippen LogP contribution in [0, 0.1) is 5.82 Å². The second-order valence-corrected chi connectivity index (χ2v) is 5.01. The first-order valence-electron chi connectivity index (χ1n) is 6.48. The van der Waals surface area contributed by atoms with Crippen LogP contribution >= 0.6 is 0 Å². The molecule has 1 saturated heterocycles. The smallest absolute Gasteiger partial charge is 0.265 e. The normalized spacial score (nSPS) is 17.9. The Bertz CT molecular complexity index is 528. The van der Waals surface area contributed by atoms with E-state index in [4.69, 9.17) is 0 Å². The Kier molecular flexibility index (Phi) is 4.16. The van der Waals surface area contributed by atoms with Crippen LogP contribution in [0.2, 0.25) is 0 Å². The summed E-state index contributed by atoms with van der Waals surface area (Å²) in [7, 11) is 0. The fraction of sp³-hybridized carbons (Fsp3) is 0.400. The van der Waals surface area contributed by atoms with Crippen LogP contribution < -0.4 is 0 Å². The van der Waals surface area contributed by atoms with Crippen molar-refractivity contribution in [3.05, 3.63) is 41.7 Å². The highest BCUT2D eigenvalue weighted by atomic mass is 19.3. The Morgan fingerprint density at radius 2 is 2.20 bits per heavy atom. The van der Waals surface area contributed by atoms with Crippen molar-refractivity contribution in [1.82, 2.24) is 4.90 Å². The molecule has 20 heavy (non-hydrogen) atoms. The first kappa shape index (κ1) is 14.6. The van der Waals surface area contributed by atoms with Gasteiger partial charge in [-0.15, -0.1) is 0 Å². The predicted octanol–water partition coefficient (Wildman–Crippen LogP) is 3.27. The molecular formula is C15H16F3NO. The van der Waals surface area contributed by atoms with Crippen molar-refractivity contribution in [2.75, 3.05) is 13.1 Å². The van der Waals surface area contributed by atoms with Gasteiger partial charge in [-0.25, -0.2) is 13.2 Å². The molecule has 108 valence electrons. The third-order valence-electron chi connectivity index (χ3n) is 3.38. The Hall–Kier alpha value is -1.78. The van der Waals surface area contributed by atoms with Crippen molar-refractivity contribution in [2.24, 2.45) is 0 Å². The van der Waals surface area contributed by atoms with Gasteiger partial charge in [-0.2, -0.15) is 0 Å². The Morgan fingerprint density at radius 1 is 1.45 bits per heavy atom. The van der Waals surface area contributed by atoms with Crippen LogP contribution in [0.3, 0.4) is 0 Å². The van der Waals surface area contributed by atoms with Gasteiger partial charge in [0.1, 0.15) is 5.82 Å². The van der Waals surface area contributed by atoms with Crippen LogP contribution in [0.1, 0.15) is 24.0 Å². The molecular weight excluding hydrogens is 267 g/mol. The SMILES string of the molecule is C=Cc1cc(CC(=O)N2CCCC(F)(F)C2)ccc1F. The molecule has 1 aromatic rings. The number of amides is 1. The molecule has 0 aromatic heterocycles.